The van der Waals surface area contributed by atoms with Gasteiger partial charge < -0.3 is 25.2 Å². The smallest absolute Gasteiger partial charge is 0.407 e. The Balaban J connectivity index is 1.26. The molecule has 2 aliphatic carbocycles. The summed E-state index contributed by atoms with van der Waals surface area (Å²) >= 11 is 0. The van der Waals surface area contributed by atoms with E-state index in [1.54, 1.807) is 0 Å². The summed E-state index contributed by atoms with van der Waals surface area (Å²) in [6, 6.07) is 16.2. The highest BCUT2D eigenvalue weighted by atomic mass is 16.5. The largest absolute Gasteiger partial charge is 0.481 e. The van der Waals surface area contributed by atoms with Crippen molar-refractivity contribution in [3.8, 4) is 11.1 Å². The normalized spacial score (nSPS) is 16.5. The zero-order valence-electron chi connectivity index (χ0n) is 19.2. The van der Waals surface area contributed by atoms with Crippen molar-refractivity contribution in [3.63, 3.8) is 0 Å². The molecular weight excluding hydrogens is 436 g/mol. The van der Waals surface area contributed by atoms with Crippen LogP contribution in [-0.4, -0.2) is 55.0 Å². The Morgan fingerprint density at radius 1 is 1.06 bits per heavy atom. The summed E-state index contributed by atoms with van der Waals surface area (Å²) in [6.07, 6.45) is 0.953. The van der Waals surface area contributed by atoms with Crippen LogP contribution in [0.15, 0.2) is 48.5 Å². The highest BCUT2D eigenvalue weighted by molar-refractivity contribution is 5.83. The quantitative estimate of drug-likeness (QED) is 0.494. The Kier molecular flexibility index (Phi) is 7.17. The Labute approximate surface area is 198 Å². The third kappa shape index (κ3) is 5.07. The first kappa shape index (κ1) is 23.8. The maximum absolute atomic E-state index is 12.6. The molecule has 0 heterocycles. The number of amides is 2. The Bertz CT molecular complexity index is 1020. The van der Waals surface area contributed by atoms with Crippen molar-refractivity contribution in [3.05, 3.63) is 59.7 Å². The number of methoxy groups -OCH3 is 1. The molecule has 2 amide bonds. The first-order chi connectivity index (χ1) is 16.4. The third-order valence-corrected chi connectivity index (χ3v) is 6.79. The first-order valence-corrected chi connectivity index (χ1v) is 11.6. The van der Waals surface area contributed by atoms with E-state index in [0.717, 1.165) is 28.7 Å². The number of ether oxygens (including phenoxy) is 2. The minimum atomic E-state index is -0.939. The number of hydrogen-bond donors (Lipinski definition) is 3. The number of nitrogens with one attached hydrogen (secondary N) is 2. The van der Waals surface area contributed by atoms with E-state index in [1.165, 1.54) is 7.11 Å². The zero-order chi connectivity index (χ0) is 24.1. The molecule has 3 N–H and O–H groups in total. The van der Waals surface area contributed by atoms with E-state index in [1.807, 2.05) is 24.3 Å². The molecule has 0 spiro atoms. The van der Waals surface area contributed by atoms with E-state index in [-0.39, 0.29) is 37.8 Å². The SMILES string of the molecule is COC(CCNC(=O)OCC1c2ccccc2-c2ccccc21)C(=O)NC1(CC(=O)O)CCC1. The molecule has 1 saturated carbocycles. The molecule has 1 unspecified atom stereocenters. The van der Waals surface area contributed by atoms with E-state index in [2.05, 4.69) is 34.9 Å². The summed E-state index contributed by atoms with van der Waals surface area (Å²) in [6.45, 7) is 0.403. The van der Waals surface area contributed by atoms with Gasteiger partial charge in [0.15, 0.2) is 0 Å². The van der Waals surface area contributed by atoms with Crippen LogP contribution >= 0.6 is 0 Å². The molecule has 1 fully saturated rings. The number of benzene rings is 2. The van der Waals surface area contributed by atoms with Gasteiger partial charge in [0.2, 0.25) is 5.91 Å². The van der Waals surface area contributed by atoms with E-state index < -0.39 is 23.7 Å². The average Bonchev–Trinajstić information content (AvgIpc) is 3.12. The van der Waals surface area contributed by atoms with Gasteiger partial charge in [-0.25, -0.2) is 4.79 Å². The summed E-state index contributed by atoms with van der Waals surface area (Å²) in [4.78, 5) is 36.1. The van der Waals surface area contributed by atoms with Crippen LogP contribution in [0.25, 0.3) is 11.1 Å². The summed E-state index contributed by atoms with van der Waals surface area (Å²) in [5, 5.41) is 14.6. The van der Waals surface area contributed by atoms with Crippen LogP contribution in [0.1, 0.15) is 49.1 Å². The fourth-order valence-electron chi connectivity index (χ4n) is 4.89. The fourth-order valence-corrected chi connectivity index (χ4v) is 4.89. The second-order valence-corrected chi connectivity index (χ2v) is 8.96. The molecule has 0 bridgehead atoms. The molecule has 0 aromatic heterocycles. The fraction of sp³-hybridized carbons (Fsp3) is 0.423. The van der Waals surface area contributed by atoms with Crippen LogP contribution in [0.3, 0.4) is 0 Å². The number of carboxylic acids is 1. The van der Waals surface area contributed by atoms with Crippen LogP contribution < -0.4 is 10.6 Å². The van der Waals surface area contributed by atoms with E-state index in [9.17, 15) is 14.4 Å². The van der Waals surface area contributed by atoms with E-state index in [0.29, 0.717) is 12.8 Å². The van der Waals surface area contributed by atoms with Crippen molar-refractivity contribution in [1.82, 2.24) is 10.6 Å². The van der Waals surface area contributed by atoms with Crippen molar-refractivity contribution >= 4 is 18.0 Å². The molecule has 2 aliphatic rings. The maximum atomic E-state index is 12.6. The van der Waals surface area contributed by atoms with Gasteiger partial charge in [0.05, 0.1) is 12.0 Å². The van der Waals surface area contributed by atoms with Crippen LogP contribution in [0.5, 0.6) is 0 Å². The van der Waals surface area contributed by atoms with Crippen molar-refractivity contribution in [2.75, 3.05) is 20.3 Å². The minimum absolute atomic E-state index is 0.0245. The molecule has 34 heavy (non-hydrogen) atoms. The highest BCUT2D eigenvalue weighted by Gasteiger charge is 2.41. The topological polar surface area (TPSA) is 114 Å². The van der Waals surface area contributed by atoms with Crippen molar-refractivity contribution < 1.29 is 29.0 Å². The second kappa shape index (κ2) is 10.3. The lowest BCUT2D eigenvalue weighted by molar-refractivity contribution is -0.142. The first-order valence-electron chi connectivity index (χ1n) is 11.6. The van der Waals surface area contributed by atoms with Gasteiger partial charge >= 0.3 is 12.1 Å². The summed E-state index contributed by atoms with van der Waals surface area (Å²) < 4.78 is 10.8. The Morgan fingerprint density at radius 2 is 1.68 bits per heavy atom. The summed E-state index contributed by atoms with van der Waals surface area (Å²) in [5.74, 6) is -1.33. The number of rotatable bonds is 10. The maximum Gasteiger partial charge on any atom is 0.407 e. The molecule has 0 aliphatic heterocycles. The second-order valence-electron chi connectivity index (χ2n) is 8.96. The molecule has 0 saturated heterocycles. The van der Waals surface area contributed by atoms with Gasteiger partial charge in [0.25, 0.3) is 0 Å². The Morgan fingerprint density at radius 3 is 2.21 bits per heavy atom. The van der Waals surface area contributed by atoms with Crippen LogP contribution in [-0.2, 0) is 19.1 Å². The molecule has 180 valence electrons. The number of alkyl carbamates (subject to hydrolysis) is 1. The number of carbonyl (C=O) groups excluding carboxylic acids is 2. The van der Waals surface area contributed by atoms with E-state index in [4.69, 9.17) is 14.6 Å². The molecule has 8 nitrogen and oxygen atoms in total. The number of hydrogen-bond acceptors (Lipinski definition) is 5. The minimum Gasteiger partial charge on any atom is -0.481 e. The number of aliphatic carboxylic acids is 1. The van der Waals surface area contributed by atoms with Gasteiger partial charge in [-0.1, -0.05) is 48.5 Å². The molecule has 2 aromatic rings. The van der Waals surface area contributed by atoms with Gasteiger partial charge in [0.1, 0.15) is 12.7 Å². The lowest BCUT2D eigenvalue weighted by atomic mass is 9.74. The van der Waals surface area contributed by atoms with Crippen LogP contribution in [0, 0.1) is 0 Å². The van der Waals surface area contributed by atoms with Crippen LogP contribution in [0.2, 0.25) is 0 Å². The number of carboxylic acid groups (broad SMARTS) is 1. The standard InChI is InChI=1S/C26H30N2O6/c1-33-22(24(31)28-26(12-6-13-26)15-23(29)30)11-14-27-25(32)34-16-21-19-9-4-2-7-17(19)18-8-3-5-10-20(18)21/h2-5,7-10,21-22H,6,11-16H2,1H3,(H,27,32)(H,28,31)(H,29,30). The molecule has 8 heteroatoms. The van der Waals surface area contributed by atoms with E-state index >= 15 is 0 Å². The lowest BCUT2D eigenvalue weighted by Crippen LogP contribution is -2.57. The van der Waals surface area contributed by atoms with Gasteiger partial charge in [-0.05, 0) is 41.5 Å². The van der Waals surface area contributed by atoms with Gasteiger partial charge in [-0.2, -0.15) is 0 Å². The van der Waals surface area contributed by atoms with Gasteiger partial charge in [-0.3, -0.25) is 9.59 Å². The highest BCUT2D eigenvalue weighted by Crippen LogP contribution is 2.44. The van der Waals surface area contributed by atoms with Crippen molar-refractivity contribution in [2.24, 2.45) is 0 Å². The lowest BCUT2D eigenvalue weighted by Gasteiger charge is -2.42. The summed E-state index contributed by atoms with van der Waals surface area (Å²) in [5.41, 5.74) is 3.90. The molecule has 0 radical (unpaired) electrons. The van der Waals surface area contributed by atoms with Gasteiger partial charge in [-0.15, -0.1) is 0 Å². The summed E-state index contributed by atoms with van der Waals surface area (Å²) in [7, 11) is 1.42. The average molecular weight is 467 g/mol. The zero-order valence-corrected chi connectivity index (χ0v) is 19.2. The van der Waals surface area contributed by atoms with Crippen LogP contribution in [0.4, 0.5) is 4.79 Å². The predicted octanol–water partition coefficient (Wildman–Crippen LogP) is 3.44. The number of carbonyl (C=O) groups is 3. The third-order valence-electron chi connectivity index (χ3n) is 6.79. The molecule has 2 aromatic carbocycles. The molecule has 4 rings (SSSR count). The Hall–Kier alpha value is -3.39. The monoisotopic (exact) mass is 466 g/mol. The predicted molar refractivity (Wildman–Crippen MR) is 125 cm³/mol. The molecule has 1 atom stereocenters. The van der Waals surface area contributed by atoms with Crippen molar-refractivity contribution in [1.29, 1.82) is 0 Å². The van der Waals surface area contributed by atoms with Gasteiger partial charge in [0, 0.05) is 26.0 Å². The molecular formula is C26H30N2O6. The number of fused-ring (bicyclic) bond motifs is 3. The van der Waals surface area contributed by atoms with Crippen molar-refractivity contribution in [2.45, 2.75) is 49.7 Å².